The van der Waals surface area contributed by atoms with Crippen molar-refractivity contribution in [1.29, 1.82) is 0 Å². The Morgan fingerprint density at radius 2 is 2.17 bits per heavy atom. The highest BCUT2D eigenvalue weighted by Gasteiger charge is 2.32. The van der Waals surface area contributed by atoms with Gasteiger partial charge in [-0.15, -0.1) is 0 Å². The molecule has 1 aliphatic rings. The van der Waals surface area contributed by atoms with Crippen LogP contribution in [0.3, 0.4) is 0 Å². The molecule has 0 amide bonds. The lowest BCUT2D eigenvalue weighted by Crippen LogP contribution is -2.36. The first-order valence-electron chi connectivity index (χ1n) is 7.58. The van der Waals surface area contributed by atoms with Crippen LogP contribution in [0.2, 0.25) is 5.02 Å². The van der Waals surface area contributed by atoms with Gasteiger partial charge in [-0.2, -0.15) is 13.2 Å². The topological polar surface area (TPSA) is 56.7 Å². The predicted octanol–water partition coefficient (Wildman–Crippen LogP) is 3.13. The van der Waals surface area contributed by atoms with Crippen LogP contribution >= 0.6 is 11.6 Å². The standard InChI is InChI=1S/C15H19ClF3N3O2/c1-21(9-13(23)24)11-3-2-5-22(6-4-11)14-12(16)7-10(8-20-14)15(17,18)19/h7-8,11H,2-6,9H2,1H3,(H,23,24). The molecule has 9 heteroatoms. The van der Waals surface area contributed by atoms with Crippen molar-refractivity contribution in [3.8, 4) is 0 Å². The minimum absolute atomic E-state index is 0.0258. The molecule has 0 bridgehead atoms. The summed E-state index contributed by atoms with van der Waals surface area (Å²) in [6, 6.07) is 1.00. The molecule has 134 valence electrons. The molecule has 0 radical (unpaired) electrons. The van der Waals surface area contributed by atoms with Gasteiger partial charge in [0.2, 0.25) is 0 Å². The van der Waals surface area contributed by atoms with Gasteiger partial charge >= 0.3 is 12.1 Å². The number of aliphatic carboxylic acids is 1. The molecule has 1 atom stereocenters. The van der Waals surface area contributed by atoms with Crippen LogP contribution in [-0.2, 0) is 11.0 Å². The maximum absolute atomic E-state index is 12.7. The summed E-state index contributed by atoms with van der Waals surface area (Å²) in [5.74, 6) is -0.544. The normalized spacial score (nSPS) is 19.4. The lowest BCUT2D eigenvalue weighted by molar-refractivity contribution is -0.139. The Morgan fingerprint density at radius 3 is 2.75 bits per heavy atom. The average Bonchev–Trinajstić information content (AvgIpc) is 2.71. The average molecular weight is 366 g/mol. The van der Waals surface area contributed by atoms with Gasteiger partial charge < -0.3 is 10.0 Å². The Labute approximate surface area is 143 Å². The molecular weight excluding hydrogens is 347 g/mol. The van der Waals surface area contributed by atoms with Gasteiger partial charge in [0.1, 0.15) is 5.82 Å². The summed E-state index contributed by atoms with van der Waals surface area (Å²) < 4.78 is 38.1. The molecule has 0 spiro atoms. The number of pyridine rings is 1. The fourth-order valence-electron chi connectivity index (χ4n) is 2.89. The van der Waals surface area contributed by atoms with Crippen LogP contribution in [-0.4, -0.2) is 53.7 Å². The van der Waals surface area contributed by atoms with Gasteiger partial charge in [0.25, 0.3) is 0 Å². The van der Waals surface area contributed by atoms with Gasteiger partial charge in [-0.05, 0) is 32.4 Å². The summed E-state index contributed by atoms with van der Waals surface area (Å²) in [5.41, 5.74) is -0.870. The summed E-state index contributed by atoms with van der Waals surface area (Å²) in [6.07, 6.45) is -1.38. The number of hydrogen-bond donors (Lipinski definition) is 1. The zero-order valence-electron chi connectivity index (χ0n) is 13.2. The van der Waals surface area contributed by atoms with E-state index in [0.29, 0.717) is 25.3 Å². The highest BCUT2D eigenvalue weighted by molar-refractivity contribution is 6.33. The number of likely N-dealkylation sites (N-methyl/N-ethyl adjacent to an activating group) is 1. The van der Waals surface area contributed by atoms with Crippen molar-refractivity contribution in [3.63, 3.8) is 0 Å². The van der Waals surface area contributed by atoms with Crippen molar-refractivity contribution in [2.45, 2.75) is 31.5 Å². The van der Waals surface area contributed by atoms with Crippen molar-refractivity contribution in [2.24, 2.45) is 0 Å². The predicted molar refractivity (Wildman–Crippen MR) is 84.4 cm³/mol. The molecule has 1 aliphatic heterocycles. The Bertz CT molecular complexity index is 598. The first kappa shape index (κ1) is 18.8. The molecule has 2 heterocycles. The number of halogens is 4. The highest BCUT2D eigenvalue weighted by Crippen LogP contribution is 2.34. The number of carboxylic acid groups (broad SMARTS) is 1. The van der Waals surface area contributed by atoms with Crippen LogP contribution in [0.4, 0.5) is 19.0 Å². The molecule has 2 rings (SSSR count). The molecule has 0 saturated carbocycles. The van der Waals surface area contributed by atoms with Crippen molar-refractivity contribution in [1.82, 2.24) is 9.88 Å². The molecule has 1 saturated heterocycles. The van der Waals surface area contributed by atoms with Crippen molar-refractivity contribution in [2.75, 3.05) is 31.6 Å². The second kappa shape index (κ2) is 7.57. The van der Waals surface area contributed by atoms with E-state index in [9.17, 15) is 18.0 Å². The fourth-order valence-corrected chi connectivity index (χ4v) is 3.18. The van der Waals surface area contributed by atoms with Gasteiger partial charge in [-0.1, -0.05) is 11.6 Å². The largest absolute Gasteiger partial charge is 0.480 e. The highest BCUT2D eigenvalue weighted by atomic mass is 35.5. The molecule has 1 N–H and O–H groups in total. The van der Waals surface area contributed by atoms with Crippen LogP contribution in [0.25, 0.3) is 0 Å². The Morgan fingerprint density at radius 1 is 1.46 bits per heavy atom. The second-order valence-corrected chi connectivity index (χ2v) is 6.32. The lowest BCUT2D eigenvalue weighted by Gasteiger charge is -2.26. The van der Waals surface area contributed by atoms with Crippen LogP contribution in [0, 0.1) is 0 Å². The SMILES string of the molecule is CN(CC(=O)O)C1CCCN(c2ncc(C(F)(F)F)cc2Cl)CC1. The minimum Gasteiger partial charge on any atom is -0.480 e. The van der Waals surface area contributed by atoms with Gasteiger partial charge in [-0.3, -0.25) is 9.69 Å². The van der Waals surface area contributed by atoms with E-state index >= 15 is 0 Å². The van der Waals surface area contributed by atoms with Gasteiger partial charge in [-0.25, -0.2) is 4.98 Å². The lowest BCUT2D eigenvalue weighted by atomic mass is 10.1. The number of anilines is 1. The van der Waals surface area contributed by atoms with E-state index in [1.807, 2.05) is 4.90 Å². The van der Waals surface area contributed by atoms with Crippen LogP contribution in [0.1, 0.15) is 24.8 Å². The van der Waals surface area contributed by atoms with E-state index in [-0.39, 0.29) is 17.6 Å². The Kier molecular flexibility index (Phi) is 5.92. The van der Waals surface area contributed by atoms with Crippen LogP contribution in [0.5, 0.6) is 0 Å². The van der Waals surface area contributed by atoms with E-state index in [4.69, 9.17) is 16.7 Å². The second-order valence-electron chi connectivity index (χ2n) is 5.91. The van der Waals surface area contributed by atoms with Crippen molar-refractivity contribution in [3.05, 3.63) is 22.8 Å². The third-order valence-electron chi connectivity index (χ3n) is 4.15. The minimum atomic E-state index is -4.47. The molecule has 1 aromatic rings. The van der Waals surface area contributed by atoms with E-state index < -0.39 is 17.7 Å². The maximum atomic E-state index is 12.7. The fraction of sp³-hybridized carbons (Fsp3) is 0.600. The van der Waals surface area contributed by atoms with Gasteiger partial charge in [0.05, 0.1) is 17.1 Å². The number of alkyl halides is 3. The number of carbonyl (C=O) groups is 1. The number of hydrogen-bond acceptors (Lipinski definition) is 4. The Balaban J connectivity index is 2.07. The third kappa shape index (κ3) is 4.73. The molecule has 0 aromatic carbocycles. The first-order chi connectivity index (χ1) is 11.2. The summed E-state index contributed by atoms with van der Waals surface area (Å²) in [5, 5.41) is 8.85. The van der Waals surface area contributed by atoms with Gasteiger partial charge in [0, 0.05) is 25.3 Å². The number of rotatable bonds is 4. The zero-order chi connectivity index (χ0) is 17.9. The monoisotopic (exact) mass is 365 g/mol. The number of nitrogens with zero attached hydrogens (tertiary/aromatic N) is 3. The smallest absolute Gasteiger partial charge is 0.417 e. The summed E-state index contributed by atoms with van der Waals surface area (Å²) in [7, 11) is 1.76. The zero-order valence-corrected chi connectivity index (χ0v) is 13.9. The molecular formula is C15H19ClF3N3O2. The number of carboxylic acids is 1. The molecule has 1 aromatic heterocycles. The molecule has 0 aliphatic carbocycles. The quantitative estimate of drug-likeness (QED) is 0.888. The first-order valence-corrected chi connectivity index (χ1v) is 7.96. The van der Waals surface area contributed by atoms with E-state index in [1.54, 1.807) is 11.9 Å². The van der Waals surface area contributed by atoms with Crippen LogP contribution in [0.15, 0.2) is 12.3 Å². The van der Waals surface area contributed by atoms with Crippen molar-refractivity contribution < 1.29 is 23.1 Å². The van der Waals surface area contributed by atoms with Crippen molar-refractivity contribution >= 4 is 23.4 Å². The summed E-state index contributed by atoms with van der Waals surface area (Å²) >= 11 is 6.00. The Hall–Kier alpha value is -1.54. The number of aromatic nitrogens is 1. The third-order valence-corrected chi connectivity index (χ3v) is 4.43. The maximum Gasteiger partial charge on any atom is 0.417 e. The molecule has 5 nitrogen and oxygen atoms in total. The van der Waals surface area contributed by atoms with Gasteiger partial charge in [0.15, 0.2) is 0 Å². The molecule has 24 heavy (non-hydrogen) atoms. The summed E-state index contributed by atoms with van der Waals surface area (Å²) in [4.78, 5) is 18.3. The molecule has 1 unspecified atom stereocenters. The van der Waals surface area contributed by atoms with E-state index in [1.165, 1.54) is 0 Å². The summed E-state index contributed by atoms with van der Waals surface area (Å²) in [6.45, 7) is 1.14. The van der Waals surface area contributed by atoms with E-state index in [0.717, 1.165) is 25.1 Å². The van der Waals surface area contributed by atoms with E-state index in [2.05, 4.69) is 4.98 Å². The molecule has 1 fully saturated rings. The van der Waals surface area contributed by atoms with Crippen LogP contribution < -0.4 is 4.90 Å².